The third kappa shape index (κ3) is 2.81. The van der Waals surface area contributed by atoms with Crippen LogP contribution in [-0.2, 0) is 0 Å². The lowest BCUT2D eigenvalue weighted by molar-refractivity contribution is 0.102. The summed E-state index contributed by atoms with van der Waals surface area (Å²) in [6, 6.07) is 13.3. The molecule has 0 atom stereocenters. The molecule has 104 valence electrons. The Morgan fingerprint density at radius 1 is 1.19 bits per heavy atom. The Bertz CT molecular complexity index is 825. The summed E-state index contributed by atoms with van der Waals surface area (Å²) in [5, 5.41) is 4.94. The molecule has 0 saturated carbocycles. The third-order valence-corrected chi connectivity index (χ3v) is 3.95. The van der Waals surface area contributed by atoms with E-state index >= 15 is 0 Å². The van der Waals surface area contributed by atoms with E-state index < -0.39 is 0 Å². The molecule has 1 heterocycles. The Kier molecular flexibility index (Phi) is 3.71. The first-order valence-electron chi connectivity index (χ1n) is 6.55. The lowest BCUT2D eigenvalue weighted by Crippen LogP contribution is -2.12. The summed E-state index contributed by atoms with van der Waals surface area (Å²) in [7, 11) is 0. The van der Waals surface area contributed by atoms with E-state index in [1.807, 2.05) is 49.4 Å². The van der Waals surface area contributed by atoms with Gasteiger partial charge in [0.15, 0.2) is 0 Å². The van der Waals surface area contributed by atoms with Gasteiger partial charge in [0.05, 0.1) is 5.56 Å². The molecule has 3 aromatic rings. The number of nitrogens with one attached hydrogen (secondary N) is 1. The van der Waals surface area contributed by atoms with Crippen molar-refractivity contribution in [3.05, 3.63) is 70.5 Å². The molecule has 1 N–H and O–H groups in total. The second kappa shape index (κ2) is 5.66. The minimum absolute atomic E-state index is 0.133. The van der Waals surface area contributed by atoms with Crippen molar-refractivity contribution in [2.24, 2.45) is 0 Å². The number of amides is 1. The molecule has 0 bridgehead atoms. The Morgan fingerprint density at radius 2 is 2.05 bits per heavy atom. The number of hydrogen-bond acceptors (Lipinski definition) is 2. The first kappa shape index (κ1) is 13.8. The van der Waals surface area contributed by atoms with Crippen LogP contribution in [0.3, 0.4) is 0 Å². The van der Waals surface area contributed by atoms with Gasteiger partial charge >= 0.3 is 0 Å². The summed E-state index contributed by atoms with van der Waals surface area (Å²) >= 11 is 3.44. The second-order valence-electron chi connectivity index (χ2n) is 4.84. The van der Waals surface area contributed by atoms with Gasteiger partial charge < -0.3 is 5.32 Å². The highest BCUT2D eigenvalue weighted by Crippen LogP contribution is 2.24. The number of pyridine rings is 1. The molecule has 21 heavy (non-hydrogen) atoms. The van der Waals surface area contributed by atoms with Crippen molar-refractivity contribution >= 4 is 38.3 Å². The smallest absolute Gasteiger partial charge is 0.256 e. The number of hydrogen-bond donors (Lipinski definition) is 1. The highest BCUT2D eigenvalue weighted by Gasteiger charge is 2.11. The number of benzene rings is 2. The Morgan fingerprint density at radius 3 is 2.86 bits per heavy atom. The summed E-state index contributed by atoms with van der Waals surface area (Å²) in [6.07, 6.45) is 3.51. The molecule has 2 aromatic carbocycles. The van der Waals surface area contributed by atoms with Crippen LogP contribution >= 0.6 is 15.9 Å². The molecule has 0 saturated heterocycles. The predicted molar refractivity (Wildman–Crippen MR) is 88.6 cm³/mol. The standard InChI is InChI=1S/C17H13BrN2O/c1-11-5-6-14(15(18)9-11)17(21)20-16-4-2-3-12-10-19-8-7-13(12)16/h2-10H,1H3,(H,20,21). The van der Waals surface area contributed by atoms with E-state index in [9.17, 15) is 4.79 Å². The Hall–Kier alpha value is -2.20. The fraction of sp³-hybridized carbons (Fsp3) is 0.0588. The normalized spacial score (nSPS) is 10.6. The summed E-state index contributed by atoms with van der Waals surface area (Å²) in [5.41, 5.74) is 2.51. The molecule has 0 unspecified atom stereocenters. The molecule has 3 rings (SSSR count). The molecule has 0 aliphatic rings. The topological polar surface area (TPSA) is 42.0 Å². The lowest BCUT2D eigenvalue weighted by atomic mass is 10.1. The van der Waals surface area contributed by atoms with Crippen molar-refractivity contribution in [2.75, 3.05) is 5.32 Å². The molecule has 3 nitrogen and oxygen atoms in total. The van der Waals surface area contributed by atoms with Crippen LogP contribution in [0.1, 0.15) is 15.9 Å². The summed E-state index contributed by atoms with van der Waals surface area (Å²) < 4.78 is 0.793. The minimum Gasteiger partial charge on any atom is -0.321 e. The summed E-state index contributed by atoms with van der Waals surface area (Å²) in [5.74, 6) is -0.133. The van der Waals surface area contributed by atoms with E-state index in [1.165, 1.54) is 0 Å². The number of nitrogens with zero attached hydrogens (tertiary/aromatic N) is 1. The van der Waals surface area contributed by atoms with E-state index in [-0.39, 0.29) is 5.91 Å². The van der Waals surface area contributed by atoms with Gasteiger partial charge in [0.2, 0.25) is 0 Å². The zero-order valence-corrected chi connectivity index (χ0v) is 13.0. The molecular formula is C17H13BrN2O. The van der Waals surface area contributed by atoms with Crippen LogP contribution in [0.5, 0.6) is 0 Å². The number of carbonyl (C=O) groups is 1. The van der Waals surface area contributed by atoms with Gasteiger partial charge in [-0.2, -0.15) is 0 Å². The molecule has 0 aliphatic carbocycles. The van der Waals surface area contributed by atoms with Crippen LogP contribution in [0.25, 0.3) is 10.8 Å². The van der Waals surface area contributed by atoms with E-state index in [0.29, 0.717) is 5.56 Å². The highest BCUT2D eigenvalue weighted by molar-refractivity contribution is 9.10. The zero-order valence-electron chi connectivity index (χ0n) is 11.4. The SMILES string of the molecule is Cc1ccc(C(=O)Nc2cccc3cnccc23)c(Br)c1. The minimum atomic E-state index is -0.133. The molecule has 0 aliphatic heterocycles. The summed E-state index contributed by atoms with van der Waals surface area (Å²) in [6.45, 7) is 1.99. The third-order valence-electron chi connectivity index (χ3n) is 3.30. The van der Waals surface area contributed by atoms with E-state index in [4.69, 9.17) is 0 Å². The summed E-state index contributed by atoms with van der Waals surface area (Å²) in [4.78, 5) is 16.5. The molecule has 0 spiro atoms. The first-order chi connectivity index (χ1) is 10.1. The number of halogens is 1. The number of anilines is 1. The monoisotopic (exact) mass is 340 g/mol. The highest BCUT2D eigenvalue weighted by atomic mass is 79.9. The quantitative estimate of drug-likeness (QED) is 0.743. The van der Waals surface area contributed by atoms with Gasteiger partial charge in [0.1, 0.15) is 0 Å². The number of rotatable bonds is 2. The van der Waals surface area contributed by atoms with Crippen LogP contribution in [0.2, 0.25) is 0 Å². The fourth-order valence-corrected chi connectivity index (χ4v) is 2.90. The van der Waals surface area contributed by atoms with Gasteiger partial charge in [-0.15, -0.1) is 0 Å². The van der Waals surface area contributed by atoms with Gasteiger partial charge in [-0.1, -0.05) is 18.2 Å². The van der Waals surface area contributed by atoms with Gasteiger partial charge in [0.25, 0.3) is 5.91 Å². The van der Waals surface area contributed by atoms with Crippen molar-refractivity contribution in [1.82, 2.24) is 4.98 Å². The molecule has 0 fully saturated rings. The zero-order chi connectivity index (χ0) is 14.8. The van der Waals surface area contributed by atoms with Gasteiger partial charge in [-0.25, -0.2) is 0 Å². The maximum Gasteiger partial charge on any atom is 0.256 e. The lowest BCUT2D eigenvalue weighted by Gasteiger charge is -2.10. The van der Waals surface area contributed by atoms with Crippen molar-refractivity contribution in [3.63, 3.8) is 0 Å². The Labute approximate surface area is 131 Å². The van der Waals surface area contributed by atoms with Crippen molar-refractivity contribution in [1.29, 1.82) is 0 Å². The van der Waals surface area contributed by atoms with E-state index in [0.717, 1.165) is 26.5 Å². The number of fused-ring (bicyclic) bond motifs is 1. The van der Waals surface area contributed by atoms with E-state index in [1.54, 1.807) is 12.4 Å². The molecule has 4 heteroatoms. The predicted octanol–water partition coefficient (Wildman–Crippen LogP) is 4.56. The average molecular weight is 341 g/mol. The van der Waals surface area contributed by atoms with Gasteiger partial charge in [-0.05, 0) is 52.7 Å². The fourth-order valence-electron chi connectivity index (χ4n) is 2.23. The van der Waals surface area contributed by atoms with Crippen LogP contribution in [-0.4, -0.2) is 10.9 Å². The molecular weight excluding hydrogens is 328 g/mol. The molecule has 1 aromatic heterocycles. The Balaban J connectivity index is 1.97. The average Bonchev–Trinajstić information content (AvgIpc) is 2.47. The van der Waals surface area contributed by atoms with Gasteiger partial charge in [-0.3, -0.25) is 9.78 Å². The van der Waals surface area contributed by atoms with Crippen molar-refractivity contribution in [3.8, 4) is 0 Å². The maximum absolute atomic E-state index is 12.4. The van der Waals surface area contributed by atoms with Gasteiger partial charge in [0, 0.05) is 33.3 Å². The second-order valence-corrected chi connectivity index (χ2v) is 5.69. The molecule has 1 amide bonds. The number of carbonyl (C=O) groups excluding carboxylic acids is 1. The van der Waals surface area contributed by atoms with E-state index in [2.05, 4.69) is 26.2 Å². The number of aryl methyl sites for hydroxylation is 1. The largest absolute Gasteiger partial charge is 0.321 e. The maximum atomic E-state index is 12.4. The van der Waals surface area contributed by atoms with Crippen LogP contribution in [0, 0.1) is 6.92 Å². The van der Waals surface area contributed by atoms with Crippen LogP contribution < -0.4 is 5.32 Å². The molecule has 0 radical (unpaired) electrons. The first-order valence-corrected chi connectivity index (χ1v) is 7.35. The van der Waals surface area contributed by atoms with Crippen LogP contribution in [0.15, 0.2) is 59.3 Å². The van der Waals surface area contributed by atoms with Crippen LogP contribution in [0.4, 0.5) is 5.69 Å². The van der Waals surface area contributed by atoms with Crippen molar-refractivity contribution < 1.29 is 4.79 Å². The van der Waals surface area contributed by atoms with Crippen molar-refractivity contribution in [2.45, 2.75) is 6.92 Å². The number of aromatic nitrogens is 1.